The van der Waals surface area contributed by atoms with Crippen LogP contribution in [0.3, 0.4) is 0 Å². The Balaban J connectivity index is 5.12. The van der Waals surface area contributed by atoms with Crippen molar-refractivity contribution < 1.29 is 24.3 Å². The van der Waals surface area contributed by atoms with E-state index >= 15 is 0 Å². The molecule has 0 aromatic heterocycles. The molecule has 3 atom stereocenters. The summed E-state index contributed by atoms with van der Waals surface area (Å²) in [4.78, 5) is 47.5. The normalized spacial score (nSPS) is 14.1. The lowest BCUT2D eigenvalue weighted by molar-refractivity contribution is -0.138. The van der Waals surface area contributed by atoms with Crippen molar-refractivity contribution in [2.45, 2.75) is 44.8 Å². The molecule has 9 nitrogen and oxygen atoms in total. The van der Waals surface area contributed by atoms with Crippen LogP contribution in [0.2, 0.25) is 0 Å². The van der Waals surface area contributed by atoms with E-state index in [1.807, 2.05) is 20.1 Å². The number of carboxylic acids is 1. The molecule has 0 rings (SSSR count). The van der Waals surface area contributed by atoms with Crippen LogP contribution >= 0.6 is 24.4 Å². The Morgan fingerprint density at radius 3 is 2.15 bits per heavy atom. The van der Waals surface area contributed by atoms with Crippen molar-refractivity contribution in [1.29, 1.82) is 0 Å². The molecule has 0 aliphatic carbocycles. The highest BCUT2D eigenvalue weighted by atomic mass is 32.2. The number of rotatable bonds is 13. The maximum atomic E-state index is 12.6. The second-order valence-electron chi connectivity index (χ2n) is 6.43. The Morgan fingerprint density at radius 1 is 1.07 bits per heavy atom. The van der Waals surface area contributed by atoms with Gasteiger partial charge in [0, 0.05) is 5.75 Å². The van der Waals surface area contributed by atoms with Crippen LogP contribution in [0.25, 0.3) is 0 Å². The van der Waals surface area contributed by atoms with E-state index in [2.05, 4.69) is 28.6 Å². The number of carbonyl (C=O) groups is 4. The maximum absolute atomic E-state index is 12.6. The summed E-state index contributed by atoms with van der Waals surface area (Å²) < 4.78 is 0. The molecule has 3 unspecified atom stereocenters. The van der Waals surface area contributed by atoms with Crippen molar-refractivity contribution in [3.05, 3.63) is 0 Å². The zero-order valence-electron chi connectivity index (χ0n) is 15.9. The molecule has 0 saturated heterocycles. The molecule has 11 heteroatoms. The van der Waals surface area contributed by atoms with Gasteiger partial charge in [-0.15, -0.1) is 0 Å². The Kier molecular flexibility index (Phi) is 12.9. The highest BCUT2D eigenvalue weighted by molar-refractivity contribution is 7.98. The molecular formula is C16H30N4O5S2. The van der Waals surface area contributed by atoms with E-state index in [0.29, 0.717) is 18.6 Å². The number of aliphatic carboxylic acids is 1. The molecule has 0 saturated carbocycles. The van der Waals surface area contributed by atoms with E-state index in [0.717, 1.165) is 0 Å². The Morgan fingerprint density at radius 2 is 1.67 bits per heavy atom. The molecule has 0 aliphatic heterocycles. The van der Waals surface area contributed by atoms with Gasteiger partial charge in [0.05, 0.1) is 6.04 Å². The molecule has 6 N–H and O–H groups in total. The Labute approximate surface area is 169 Å². The third-order valence-electron chi connectivity index (χ3n) is 3.53. The molecule has 0 aromatic carbocycles. The first-order valence-corrected chi connectivity index (χ1v) is 10.6. The topological polar surface area (TPSA) is 151 Å². The van der Waals surface area contributed by atoms with Crippen molar-refractivity contribution >= 4 is 48.1 Å². The molecule has 0 aromatic rings. The zero-order chi connectivity index (χ0) is 21.0. The summed E-state index contributed by atoms with van der Waals surface area (Å²) in [5.41, 5.74) is 5.63. The fourth-order valence-corrected chi connectivity index (χ4v) is 2.76. The van der Waals surface area contributed by atoms with E-state index in [9.17, 15) is 19.2 Å². The minimum absolute atomic E-state index is 0.0859. The number of thiol groups is 1. The summed E-state index contributed by atoms with van der Waals surface area (Å²) in [6.07, 6.45) is 2.57. The Bertz CT molecular complexity index is 519. The SMILES string of the molecule is CSCCC(NC(=O)C(N)CS)C(=O)NC(CC(C)C)C(=O)NCC(=O)O. The number of carboxylic acid groups (broad SMARTS) is 1. The average molecular weight is 423 g/mol. The molecule has 0 radical (unpaired) electrons. The number of hydrogen-bond donors (Lipinski definition) is 6. The van der Waals surface area contributed by atoms with Gasteiger partial charge >= 0.3 is 5.97 Å². The highest BCUT2D eigenvalue weighted by Gasteiger charge is 2.28. The molecule has 156 valence electrons. The quantitative estimate of drug-likeness (QED) is 0.213. The molecule has 0 bridgehead atoms. The summed E-state index contributed by atoms with van der Waals surface area (Å²) in [7, 11) is 0. The second kappa shape index (κ2) is 13.7. The monoisotopic (exact) mass is 422 g/mol. The Hall–Kier alpha value is -1.46. The first kappa shape index (κ1) is 25.5. The fourth-order valence-electron chi connectivity index (χ4n) is 2.13. The van der Waals surface area contributed by atoms with E-state index in [4.69, 9.17) is 10.8 Å². The van der Waals surface area contributed by atoms with E-state index < -0.39 is 48.4 Å². The van der Waals surface area contributed by atoms with Crippen molar-refractivity contribution in [3.8, 4) is 0 Å². The number of nitrogens with two attached hydrogens (primary N) is 1. The lowest BCUT2D eigenvalue weighted by atomic mass is 10.0. The van der Waals surface area contributed by atoms with Gasteiger partial charge in [0.25, 0.3) is 0 Å². The molecule has 27 heavy (non-hydrogen) atoms. The molecule has 0 aliphatic rings. The van der Waals surface area contributed by atoms with Gasteiger partial charge in [0.15, 0.2) is 0 Å². The lowest BCUT2D eigenvalue weighted by Crippen LogP contribution is -2.56. The number of nitrogens with one attached hydrogen (secondary N) is 3. The van der Waals surface area contributed by atoms with Gasteiger partial charge in [-0.3, -0.25) is 19.2 Å². The zero-order valence-corrected chi connectivity index (χ0v) is 17.6. The minimum Gasteiger partial charge on any atom is -0.480 e. The van der Waals surface area contributed by atoms with E-state index in [1.165, 1.54) is 11.8 Å². The van der Waals surface area contributed by atoms with Crippen molar-refractivity contribution in [1.82, 2.24) is 16.0 Å². The third-order valence-corrected chi connectivity index (χ3v) is 4.57. The van der Waals surface area contributed by atoms with Crippen LogP contribution in [0.15, 0.2) is 0 Å². The van der Waals surface area contributed by atoms with Crippen LogP contribution in [0.4, 0.5) is 0 Å². The summed E-state index contributed by atoms with van der Waals surface area (Å²) in [5.74, 6) is -1.93. The molecule has 0 spiro atoms. The summed E-state index contributed by atoms with van der Waals surface area (Å²) in [5, 5.41) is 16.2. The van der Waals surface area contributed by atoms with Crippen molar-refractivity contribution in [2.75, 3.05) is 24.3 Å². The predicted octanol–water partition coefficient (Wildman–Crippen LogP) is -0.787. The predicted molar refractivity (Wildman–Crippen MR) is 109 cm³/mol. The van der Waals surface area contributed by atoms with E-state index in [-0.39, 0.29) is 11.7 Å². The van der Waals surface area contributed by atoms with Crippen LogP contribution in [-0.2, 0) is 19.2 Å². The first-order valence-electron chi connectivity index (χ1n) is 8.57. The molecule has 3 amide bonds. The number of carbonyl (C=O) groups excluding carboxylic acids is 3. The maximum Gasteiger partial charge on any atom is 0.322 e. The second-order valence-corrected chi connectivity index (χ2v) is 7.78. The summed E-state index contributed by atoms with van der Waals surface area (Å²) >= 11 is 5.48. The molecule has 0 heterocycles. The first-order chi connectivity index (χ1) is 12.6. The smallest absolute Gasteiger partial charge is 0.322 e. The van der Waals surface area contributed by atoms with Crippen LogP contribution in [0, 0.1) is 5.92 Å². The van der Waals surface area contributed by atoms with Crippen LogP contribution in [0.5, 0.6) is 0 Å². The number of hydrogen-bond acceptors (Lipinski definition) is 7. The van der Waals surface area contributed by atoms with Crippen LogP contribution < -0.4 is 21.7 Å². The van der Waals surface area contributed by atoms with Crippen molar-refractivity contribution in [3.63, 3.8) is 0 Å². The van der Waals surface area contributed by atoms with Gasteiger partial charge in [0.2, 0.25) is 17.7 Å². The highest BCUT2D eigenvalue weighted by Crippen LogP contribution is 2.07. The van der Waals surface area contributed by atoms with Crippen molar-refractivity contribution in [2.24, 2.45) is 11.7 Å². The third kappa shape index (κ3) is 11.1. The minimum atomic E-state index is -1.18. The average Bonchev–Trinajstić information content (AvgIpc) is 2.60. The van der Waals surface area contributed by atoms with E-state index in [1.54, 1.807) is 0 Å². The van der Waals surface area contributed by atoms with Gasteiger partial charge in [-0.1, -0.05) is 13.8 Å². The van der Waals surface area contributed by atoms with Crippen LogP contribution in [-0.4, -0.2) is 71.2 Å². The van der Waals surface area contributed by atoms with Gasteiger partial charge < -0.3 is 26.8 Å². The molecular weight excluding hydrogens is 392 g/mol. The summed E-state index contributed by atoms with van der Waals surface area (Å²) in [6, 6.07) is -2.59. The van der Waals surface area contributed by atoms with Gasteiger partial charge in [-0.2, -0.15) is 24.4 Å². The van der Waals surface area contributed by atoms with Gasteiger partial charge in [-0.25, -0.2) is 0 Å². The van der Waals surface area contributed by atoms with Gasteiger partial charge in [-0.05, 0) is 30.8 Å². The summed E-state index contributed by atoms with van der Waals surface area (Å²) in [6.45, 7) is 3.22. The fraction of sp³-hybridized carbons (Fsp3) is 0.750. The molecule has 0 fully saturated rings. The standard InChI is InChI=1S/C16H30N4O5S2/c1-9(2)6-12(15(24)18-7-13(21)22)20-16(25)11(4-5-27-3)19-14(23)10(17)8-26/h9-12,26H,4-8,17H2,1-3H3,(H,18,24)(H,19,23)(H,20,25)(H,21,22). The number of thioether (sulfide) groups is 1. The van der Waals surface area contributed by atoms with Gasteiger partial charge in [0.1, 0.15) is 18.6 Å². The largest absolute Gasteiger partial charge is 0.480 e. The number of amides is 3. The lowest BCUT2D eigenvalue weighted by Gasteiger charge is -2.24. The van der Waals surface area contributed by atoms with Crippen LogP contribution in [0.1, 0.15) is 26.7 Å².